The van der Waals surface area contributed by atoms with Gasteiger partial charge in [-0.3, -0.25) is 18.9 Å². The molecule has 1 aliphatic heterocycles. The molecule has 0 aromatic carbocycles. The van der Waals surface area contributed by atoms with Gasteiger partial charge in [-0.1, -0.05) is 0 Å². The fourth-order valence-corrected chi connectivity index (χ4v) is 6.14. The number of alkyl halides is 1. The number of ether oxygens (including phenoxy) is 1. The molecule has 1 fully saturated rings. The number of aromatic nitrogens is 2. The van der Waals surface area contributed by atoms with Crippen molar-refractivity contribution < 1.29 is 61.4 Å². The Morgan fingerprint density at radius 3 is 2.28 bits per heavy atom. The first-order valence-electron chi connectivity index (χ1n) is 8.08. The van der Waals surface area contributed by atoms with Crippen LogP contribution < -0.4 is 11.2 Å². The number of phosphoric ester groups is 1. The van der Waals surface area contributed by atoms with Crippen LogP contribution in [0.15, 0.2) is 21.9 Å². The predicted molar refractivity (Wildman–Crippen MR) is 101 cm³/mol. The van der Waals surface area contributed by atoms with E-state index in [-0.39, 0.29) is 0 Å². The smallest absolute Gasteiger partial charge is 0.387 e. The molecule has 1 saturated heterocycles. The number of aliphatic hydroxyl groups is 2. The van der Waals surface area contributed by atoms with Gasteiger partial charge in [0.15, 0.2) is 6.23 Å². The Labute approximate surface area is 182 Å². The van der Waals surface area contributed by atoms with Crippen LogP contribution in [0.5, 0.6) is 0 Å². The SMILES string of the molecule is C[C@@]1(O)[C@H](O)[C@@](CCl)(COP(=O)(O)OP(=O)(O)OP(=O)(O)O)O[C@H]1n1ccc(=O)[nH]c1=O. The van der Waals surface area contributed by atoms with Crippen molar-refractivity contribution in [3.05, 3.63) is 33.1 Å². The number of phosphoric acid groups is 3. The highest BCUT2D eigenvalue weighted by molar-refractivity contribution is 7.66. The van der Waals surface area contributed by atoms with E-state index < -0.39 is 70.7 Å². The molecule has 1 aromatic rings. The maximum atomic E-state index is 12.0. The van der Waals surface area contributed by atoms with Gasteiger partial charge in [0.2, 0.25) is 0 Å². The second-order valence-corrected chi connectivity index (χ2v) is 11.4. The second kappa shape index (κ2) is 9.13. The van der Waals surface area contributed by atoms with Crippen molar-refractivity contribution in [3.8, 4) is 0 Å². The summed E-state index contributed by atoms with van der Waals surface area (Å²) in [4.78, 5) is 61.0. The minimum Gasteiger partial charge on any atom is -0.387 e. The van der Waals surface area contributed by atoms with E-state index in [0.29, 0.717) is 4.57 Å². The maximum absolute atomic E-state index is 12.0. The van der Waals surface area contributed by atoms with Crippen LogP contribution in [0.1, 0.15) is 13.2 Å². The highest BCUT2D eigenvalue weighted by atomic mass is 35.5. The quantitative estimate of drug-likeness (QED) is 0.137. The van der Waals surface area contributed by atoms with E-state index in [9.17, 15) is 43.3 Å². The molecule has 2 unspecified atom stereocenters. The normalized spacial score (nSPS) is 32.4. The summed E-state index contributed by atoms with van der Waals surface area (Å²) < 4.78 is 51.7. The molecule has 21 heteroatoms. The molecule has 0 radical (unpaired) electrons. The van der Waals surface area contributed by atoms with Crippen LogP contribution in [0.25, 0.3) is 0 Å². The number of halogens is 1. The van der Waals surface area contributed by atoms with E-state index in [2.05, 4.69) is 13.1 Å². The summed E-state index contributed by atoms with van der Waals surface area (Å²) in [5.74, 6) is -0.741. The Balaban J connectivity index is 2.28. The standard InChI is InChI=1S/C11H18ClN2O15P3/c1-10(18)7(16)11(4-12,27-8(10)14-3-2-6(15)13-9(14)17)5-26-31(22,23)29-32(24,25)28-30(19,20)21/h2-3,7-8,16,18H,4-5H2,1H3,(H,22,23)(H,24,25)(H,13,15,17)(H2,19,20,21)/t7-,8+,10+,11+/m0/s1. The maximum Gasteiger partial charge on any atom is 0.490 e. The summed E-state index contributed by atoms with van der Waals surface area (Å²) in [6, 6.07) is 0.903. The highest BCUT2D eigenvalue weighted by Crippen LogP contribution is 2.66. The van der Waals surface area contributed by atoms with Gasteiger partial charge in [-0.2, -0.15) is 8.62 Å². The van der Waals surface area contributed by atoms with Crippen LogP contribution in [0.3, 0.4) is 0 Å². The van der Waals surface area contributed by atoms with Gasteiger partial charge in [0, 0.05) is 12.3 Å². The van der Waals surface area contributed by atoms with Gasteiger partial charge in [0.1, 0.15) is 17.3 Å². The zero-order chi connectivity index (χ0) is 24.8. The number of nitrogens with one attached hydrogen (secondary N) is 1. The number of aromatic amines is 1. The molecule has 6 atom stereocenters. The Bertz CT molecular complexity index is 1110. The average Bonchev–Trinajstić information content (AvgIpc) is 2.78. The van der Waals surface area contributed by atoms with Gasteiger partial charge < -0.3 is 34.5 Å². The van der Waals surface area contributed by atoms with E-state index in [1.54, 1.807) is 0 Å². The molecule has 2 rings (SSSR count). The highest BCUT2D eigenvalue weighted by Gasteiger charge is 2.62. The first-order chi connectivity index (χ1) is 14.3. The molecule has 0 saturated carbocycles. The Kier molecular flexibility index (Phi) is 7.85. The Hall–Kier alpha value is -0.740. The number of nitrogens with zero attached hydrogens (tertiary/aromatic N) is 1. The lowest BCUT2D eigenvalue weighted by Crippen LogP contribution is -2.53. The van der Waals surface area contributed by atoms with Crippen LogP contribution in [-0.4, -0.2) is 69.1 Å². The molecule has 0 aliphatic carbocycles. The second-order valence-electron chi connectivity index (χ2n) is 6.68. The number of H-pyrrole nitrogens is 1. The van der Waals surface area contributed by atoms with E-state index in [1.807, 2.05) is 4.98 Å². The number of hydrogen-bond donors (Lipinski definition) is 7. The van der Waals surface area contributed by atoms with Crippen molar-refractivity contribution in [2.45, 2.75) is 30.5 Å². The first kappa shape index (κ1) is 27.5. The lowest BCUT2D eigenvalue weighted by atomic mass is 9.89. The van der Waals surface area contributed by atoms with Gasteiger partial charge in [-0.15, -0.1) is 11.6 Å². The van der Waals surface area contributed by atoms with E-state index in [0.717, 1.165) is 19.2 Å². The zero-order valence-electron chi connectivity index (χ0n) is 15.7. The Morgan fingerprint density at radius 2 is 1.78 bits per heavy atom. The summed E-state index contributed by atoms with van der Waals surface area (Å²) in [6.07, 6.45) is -2.78. The molecular formula is C11H18ClN2O15P3. The van der Waals surface area contributed by atoms with Gasteiger partial charge in [-0.25, -0.2) is 18.5 Å². The molecule has 17 nitrogen and oxygen atoms in total. The molecule has 1 aliphatic rings. The van der Waals surface area contributed by atoms with Crippen LogP contribution >= 0.6 is 35.1 Å². The third-order valence-corrected chi connectivity index (χ3v) is 8.35. The third-order valence-electron chi connectivity index (χ3n) is 4.12. The minimum atomic E-state index is -5.81. The summed E-state index contributed by atoms with van der Waals surface area (Å²) in [6.45, 7) is -0.189. The van der Waals surface area contributed by atoms with Crippen molar-refractivity contribution in [1.29, 1.82) is 0 Å². The average molecular weight is 547 g/mol. The number of aliphatic hydroxyl groups excluding tert-OH is 1. The van der Waals surface area contributed by atoms with Crippen LogP contribution in [-0.2, 0) is 31.6 Å². The molecule has 2 heterocycles. The molecule has 0 amide bonds. The monoisotopic (exact) mass is 546 g/mol. The van der Waals surface area contributed by atoms with Crippen molar-refractivity contribution in [1.82, 2.24) is 9.55 Å². The van der Waals surface area contributed by atoms with E-state index in [1.165, 1.54) is 0 Å². The summed E-state index contributed by atoms with van der Waals surface area (Å²) >= 11 is 5.79. The fraction of sp³-hybridized carbons (Fsp3) is 0.636. The summed E-state index contributed by atoms with van der Waals surface area (Å²) in [5.41, 5.74) is -6.35. The molecule has 184 valence electrons. The van der Waals surface area contributed by atoms with Crippen LogP contribution in [0, 0.1) is 0 Å². The molecule has 7 N–H and O–H groups in total. The van der Waals surface area contributed by atoms with E-state index >= 15 is 0 Å². The van der Waals surface area contributed by atoms with Gasteiger partial charge in [-0.05, 0) is 6.92 Å². The third kappa shape index (κ3) is 6.23. The number of hydrogen-bond acceptors (Lipinski definition) is 11. The molecule has 32 heavy (non-hydrogen) atoms. The fourth-order valence-electron chi connectivity index (χ4n) is 2.77. The topological polar surface area (TPSA) is 264 Å². The predicted octanol–water partition coefficient (Wildman–Crippen LogP) is -1.50. The van der Waals surface area contributed by atoms with Gasteiger partial charge in [0.05, 0.1) is 12.5 Å². The van der Waals surface area contributed by atoms with Crippen molar-refractivity contribution in [3.63, 3.8) is 0 Å². The largest absolute Gasteiger partial charge is 0.490 e. The zero-order valence-corrected chi connectivity index (χ0v) is 19.2. The number of rotatable bonds is 9. The summed E-state index contributed by atoms with van der Waals surface area (Å²) in [7, 11) is -17.0. The van der Waals surface area contributed by atoms with E-state index in [4.69, 9.17) is 26.1 Å². The first-order valence-corrected chi connectivity index (χ1v) is 13.1. The lowest BCUT2D eigenvalue weighted by Gasteiger charge is -2.31. The Morgan fingerprint density at radius 1 is 1.19 bits per heavy atom. The van der Waals surface area contributed by atoms with Crippen LogP contribution in [0.2, 0.25) is 0 Å². The van der Waals surface area contributed by atoms with Gasteiger partial charge >= 0.3 is 29.2 Å². The summed E-state index contributed by atoms with van der Waals surface area (Å²) in [5, 5.41) is 21.2. The lowest BCUT2D eigenvalue weighted by molar-refractivity contribution is -0.119. The van der Waals surface area contributed by atoms with Crippen molar-refractivity contribution in [2.75, 3.05) is 12.5 Å². The minimum absolute atomic E-state index is 0.684. The molecular weight excluding hydrogens is 528 g/mol. The molecule has 0 spiro atoms. The molecule has 1 aromatic heterocycles. The van der Waals surface area contributed by atoms with Crippen molar-refractivity contribution >= 4 is 35.1 Å². The van der Waals surface area contributed by atoms with Crippen LogP contribution in [0.4, 0.5) is 0 Å². The van der Waals surface area contributed by atoms with Crippen molar-refractivity contribution in [2.24, 2.45) is 0 Å². The molecule has 0 bridgehead atoms. The van der Waals surface area contributed by atoms with Gasteiger partial charge in [0.25, 0.3) is 5.56 Å².